The minimum absolute atomic E-state index is 0.171. The second-order valence-electron chi connectivity index (χ2n) is 9.68. The summed E-state index contributed by atoms with van der Waals surface area (Å²) in [5, 5.41) is 0. The van der Waals surface area contributed by atoms with E-state index in [9.17, 15) is 16.8 Å². The van der Waals surface area contributed by atoms with E-state index < -0.39 is 19.7 Å². The van der Waals surface area contributed by atoms with E-state index in [1.807, 2.05) is 13.8 Å². The predicted octanol–water partition coefficient (Wildman–Crippen LogP) is 6.94. The third-order valence-corrected chi connectivity index (χ3v) is 9.91. The Hall–Kier alpha value is -4.28. The molecule has 0 aromatic heterocycles. The van der Waals surface area contributed by atoms with Crippen LogP contribution >= 0.6 is 0 Å². The molecule has 0 heterocycles. The summed E-state index contributed by atoms with van der Waals surface area (Å²) >= 11 is 0. The molecule has 4 aromatic carbocycles. The molecule has 4 rings (SSSR count). The Morgan fingerprint density at radius 3 is 0.932 bits per heavy atom. The van der Waals surface area contributed by atoms with Crippen LogP contribution in [-0.4, -0.2) is 43.3 Å². The van der Waals surface area contributed by atoms with Crippen LogP contribution in [0.4, 0.5) is 0 Å². The molecular formula is C34H36O8S2. The fourth-order valence-electron chi connectivity index (χ4n) is 4.00. The number of sulfone groups is 2. The highest BCUT2D eigenvalue weighted by molar-refractivity contribution is 7.91. The molecule has 0 fully saturated rings. The first kappa shape index (κ1) is 32.6. The zero-order valence-corrected chi connectivity index (χ0v) is 26.4. The summed E-state index contributed by atoms with van der Waals surface area (Å²) in [6.07, 6.45) is 5.30. The van der Waals surface area contributed by atoms with E-state index in [4.69, 9.17) is 18.9 Å². The van der Waals surface area contributed by atoms with Gasteiger partial charge < -0.3 is 18.9 Å². The van der Waals surface area contributed by atoms with Crippen molar-refractivity contribution in [2.75, 3.05) is 26.4 Å². The van der Waals surface area contributed by atoms with Crippen molar-refractivity contribution in [1.82, 2.24) is 0 Å². The van der Waals surface area contributed by atoms with E-state index in [1.54, 1.807) is 60.7 Å². The molecule has 0 saturated heterocycles. The summed E-state index contributed by atoms with van der Waals surface area (Å²) in [5.41, 5.74) is 0. The SMILES string of the molecule is CCCOc1ccc(S(=O)(=O)c2ccc(OCC=CCOc3ccc(S(=O)(=O)c4ccc(OCCC)cc4)cc3)cc2)cc1. The van der Waals surface area contributed by atoms with Crippen LogP contribution in [0.2, 0.25) is 0 Å². The van der Waals surface area contributed by atoms with Crippen molar-refractivity contribution in [3.8, 4) is 23.0 Å². The lowest BCUT2D eigenvalue weighted by atomic mass is 10.3. The van der Waals surface area contributed by atoms with Gasteiger partial charge in [0, 0.05) is 0 Å². The molecule has 0 aliphatic heterocycles. The first-order chi connectivity index (χ1) is 21.2. The Morgan fingerprint density at radius 1 is 0.432 bits per heavy atom. The maximum Gasteiger partial charge on any atom is 0.206 e. The second-order valence-corrected chi connectivity index (χ2v) is 13.6. The zero-order chi connectivity index (χ0) is 31.4. The Morgan fingerprint density at radius 2 is 0.682 bits per heavy atom. The van der Waals surface area contributed by atoms with E-state index in [1.165, 1.54) is 48.5 Å². The fourth-order valence-corrected chi connectivity index (χ4v) is 6.52. The van der Waals surface area contributed by atoms with Gasteiger partial charge in [0.1, 0.15) is 36.2 Å². The lowest BCUT2D eigenvalue weighted by molar-refractivity contribution is 0.317. The maximum atomic E-state index is 13.0. The highest BCUT2D eigenvalue weighted by Gasteiger charge is 2.19. The van der Waals surface area contributed by atoms with Gasteiger partial charge in [-0.1, -0.05) is 13.8 Å². The highest BCUT2D eigenvalue weighted by Crippen LogP contribution is 2.26. The molecule has 0 saturated carbocycles. The van der Waals surface area contributed by atoms with Crippen LogP contribution in [0.1, 0.15) is 26.7 Å². The summed E-state index contributed by atoms with van der Waals surface area (Å²) in [6, 6.07) is 25.3. The molecular weight excluding hydrogens is 601 g/mol. The number of rotatable bonds is 16. The van der Waals surface area contributed by atoms with Crippen molar-refractivity contribution < 1.29 is 35.8 Å². The smallest absolute Gasteiger partial charge is 0.206 e. The van der Waals surface area contributed by atoms with Gasteiger partial charge in [-0.25, -0.2) is 16.8 Å². The van der Waals surface area contributed by atoms with E-state index in [0.717, 1.165) is 12.8 Å². The number of hydrogen-bond donors (Lipinski definition) is 0. The van der Waals surface area contributed by atoms with Crippen molar-refractivity contribution in [2.45, 2.75) is 46.3 Å². The molecule has 0 unspecified atom stereocenters. The van der Waals surface area contributed by atoms with Gasteiger partial charge in [-0.3, -0.25) is 0 Å². The van der Waals surface area contributed by atoms with E-state index in [2.05, 4.69) is 0 Å². The summed E-state index contributed by atoms with van der Waals surface area (Å²) in [4.78, 5) is 0.726. The van der Waals surface area contributed by atoms with Crippen LogP contribution in [0.5, 0.6) is 23.0 Å². The Kier molecular flexibility index (Phi) is 11.5. The van der Waals surface area contributed by atoms with Gasteiger partial charge in [0.25, 0.3) is 0 Å². The predicted molar refractivity (Wildman–Crippen MR) is 168 cm³/mol. The van der Waals surface area contributed by atoms with Crippen LogP contribution in [0.25, 0.3) is 0 Å². The van der Waals surface area contributed by atoms with Crippen molar-refractivity contribution in [2.24, 2.45) is 0 Å². The van der Waals surface area contributed by atoms with Gasteiger partial charge in [-0.15, -0.1) is 0 Å². The van der Waals surface area contributed by atoms with Crippen molar-refractivity contribution in [3.63, 3.8) is 0 Å². The third kappa shape index (κ3) is 8.64. The molecule has 0 aliphatic carbocycles. The normalized spacial score (nSPS) is 11.8. The molecule has 0 aliphatic rings. The highest BCUT2D eigenvalue weighted by atomic mass is 32.2. The molecule has 0 amide bonds. The monoisotopic (exact) mass is 636 g/mol. The van der Waals surface area contributed by atoms with Crippen LogP contribution in [-0.2, 0) is 19.7 Å². The number of benzene rings is 4. The Labute approximate surface area is 259 Å². The van der Waals surface area contributed by atoms with E-state index in [0.29, 0.717) is 36.2 Å². The largest absolute Gasteiger partial charge is 0.494 e. The molecule has 0 atom stereocenters. The second kappa shape index (κ2) is 15.4. The van der Waals surface area contributed by atoms with E-state index >= 15 is 0 Å². The molecule has 0 N–H and O–H groups in total. The van der Waals surface area contributed by atoms with Crippen molar-refractivity contribution in [3.05, 3.63) is 109 Å². The minimum atomic E-state index is -3.66. The topological polar surface area (TPSA) is 105 Å². The van der Waals surface area contributed by atoms with Crippen LogP contribution in [0, 0.1) is 0 Å². The van der Waals surface area contributed by atoms with Gasteiger partial charge in [-0.2, -0.15) is 0 Å². The van der Waals surface area contributed by atoms with Gasteiger partial charge in [0.15, 0.2) is 0 Å². The fraction of sp³-hybridized carbons (Fsp3) is 0.235. The molecule has 232 valence electrons. The first-order valence-electron chi connectivity index (χ1n) is 14.3. The summed E-state index contributed by atoms with van der Waals surface area (Å²) in [6.45, 7) is 5.67. The quantitative estimate of drug-likeness (QED) is 0.122. The summed E-state index contributed by atoms with van der Waals surface area (Å²) in [7, 11) is -7.32. The average Bonchev–Trinajstić information content (AvgIpc) is 3.05. The molecule has 0 radical (unpaired) electrons. The third-order valence-electron chi connectivity index (χ3n) is 6.34. The van der Waals surface area contributed by atoms with Crippen LogP contribution in [0.15, 0.2) is 129 Å². The molecule has 0 bridgehead atoms. The Bertz CT molecular complexity index is 1580. The van der Waals surface area contributed by atoms with Gasteiger partial charge in [0.05, 0.1) is 32.8 Å². The lowest BCUT2D eigenvalue weighted by Crippen LogP contribution is -2.03. The molecule has 0 spiro atoms. The lowest BCUT2D eigenvalue weighted by Gasteiger charge is -2.09. The van der Waals surface area contributed by atoms with Gasteiger partial charge in [0.2, 0.25) is 19.7 Å². The van der Waals surface area contributed by atoms with Crippen LogP contribution < -0.4 is 18.9 Å². The zero-order valence-electron chi connectivity index (χ0n) is 24.7. The first-order valence-corrected chi connectivity index (χ1v) is 17.3. The Balaban J connectivity index is 1.23. The molecule has 44 heavy (non-hydrogen) atoms. The number of ether oxygens (including phenoxy) is 4. The minimum Gasteiger partial charge on any atom is -0.494 e. The maximum absolute atomic E-state index is 13.0. The number of hydrogen-bond acceptors (Lipinski definition) is 8. The van der Waals surface area contributed by atoms with E-state index in [-0.39, 0.29) is 32.8 Å². The summed E-state index contributed by atoms with van der Waals surface area (Å²) in [5.74, 6) is 2.32. The summed E-state index contributed by atoms with van der Waals surface area (Å²) < 4.78 is 74.2. The van der Waals surface area contributed by atoms with Gasteiger partial charge in [-0.05, 0) is 122 Å². The van der Waals surface area contributed by atoms with Gasteiger partial charge >= 0.3 is 0 Å². The molecule has 4 aromatic rings. The molecule has 8 nitrogen and oxygen atoms in total. The standard InChI is InChI=1S/C34H36O8S2/c1-3-23-39-27-7-15-31(16-8-27)43(35,36)33-19-11-29(12-20-33)41-25-5-6-26-42-30-13-21-34(22-14-30)44(37,38)32-17-9-28(10-18-32)40-24-4-2/h5-22H,3-4,23-26H2,1-2H3. The average molecular weight is 637 g/mol. The molecule has 10 heteroatoms. The van der Waals surface area contributed by atoms with Crippen LogP contribution in [0.3, 0.4) is 0 Å². The van der Waals surface area contributed by atoms with Crippen molar-refractivity contribution in [1.29, 1.82) is 0 Å². The van der Waals surface area contributed by atoms with Crippen molar-refractivity contribution >= 4 is 19.7 Å².